The van der Waals surface area contributed by atoms with Gasteiger partial charge in [-0.05, 0) is 77.5 Å². The summed E-state index contributed by atoms with van der Waals surface area (Å²) in [6.45, 7) is 8.61. The van der Waals surface area contributed by atoms with Crippen LogP contribution in [0.15, 0.2) is 30.3 Å². The first kappa shape index (κ1) is 20.1. The molecule has 2 aromatic rings. The fourth-order valence-corrected chi connectivity index (χ4v) is 3.44. The van der Waals surface area contributed by atoms with Gasteiger partial charge in [-0.3, -0.25) is 0 Å². The molecule has 0 saturated carbocycles. The van der Waals surface area contributed by atoms with E-state index in [1.165, 1.54) is 35.6 Å². The van der Waals surface area contributed by atoms with Gasteiger partial charge in [-0.2, -0.15) is 0 Å². The molecule has 2 unspecified atom stereocenters. The van der Waals surface area contributed by atoms with Crippen LogP contribution in [0, 0.1) is 0 Å². The summed E-state index contributed by atoms with van der Waals surface area (Å²) in [6.07, 6.45) is 7.23. The van der Waals surface area contributed by atoms with E-state index in [4.69, 9.17) is 9.47 Å². The number of alkyl halides is 1. The summed E-state index contributed by atoms with van der Waals surface area (Å²) in [7, 11) is 0. The maximum Gasteiger partial charge on any atom is 0.150 e. The highest BCUT2D eigenvalue weighted by atomic mass is 79.9. The Morgan fingerprint density at radius 1 is 1.00 bits per heavy atom. The van der Waals surface area contributed by atoms with Crippen LogP contribution in [0.2, 0.25) is 0 Å². The van der Waals surface area contributed by atoms with E-state index in [-0.39, 0.29) is 5.01 Å². The Balaban J connectivity index is 2.21. The summed E-state index contributed by atoms with van der Waals surface area (Å²) >= 11 is 3.47. The quantitative estimate of drug-likeness (QED) is 0.305. The maximum atomic E-state index is 6.25. The van der Waals surface area contributed by atoms with Gasteiger partial charge in [0.1, 0.15) is 11.5 Å². The van der Waals surface area contributed by atoms with Gasteiger partial charge >= 0.3 is 0 Å². The number of ether oxygens (including phenoxy) is 2. The summed E-state index contributed by atoms with van der Waals surface area (Å²) in [4.78, 5) is 0. The van der Waals surface area contributed by atoms with Crippen LogP contribution in [-0.2, 0) is 6.42 Å². The van der Waals surface area contributed by atoms with Crippen LogP contribution in [0.3, 0.4) is 0 Å². The second-order valence-corrected chi connectivity index (χ2v) is 7.87. The Labute approximate surface area is 161 Å². The number of hydrogen-bond acceptors (Lipinski definition) is 2. The minimum Gasteiger partial charge on any atom is -0.490 e. The predicted molar refractivity (Wildman–Crippen MR) is 111 cm³/mol. The van der Waals surface area contributed by atoms with E-state index in [1.54, 1.807) is 0 Å². The monoisotopic (exact) mass is 406 g/mol. The number of benzene rings is 2. The fraction of sp³-hybridized carbons (Fsp3) is 0.545. The Hall–Kier alpha value is -1.22. The number of unbranched alkanes of at least 4 members (excludes halogenated alkanes) is 2. The van der Waals surface area contributed by atoms with Gasteiger partial charge in [-0.1, -0.05) is 45.7 Å². The topological polar surface area (TPSA) is 18.5 Å². The second-order valence-electron chi connectivity index (χ2n) is 6.58. The average molecular weight is 407 g/mol. The minimum absolute atomic E-state index is 0.00582. The Kier molecular flexibility index (Phi) is 8.08. The largest absolute Gasteiger partial charge is 0.490 e. The van der Waals surface area contributed by atoms with E-state index in [0.717, 1.165) is 30.8 Å². The third kappa shape index (κ3) is 5.64. The van der Waals surface area contributed by atoms with Gasteiger partial charge in [0.05, 0.1) is 6.10 Å². The molecule has 2 rings (SSSR count). The maximum absolute atomic E-state index is 6.25. The van der Waals surface area contributed by atoms with Gasteiger partial charge in [-0.15, -0.1) is 0 Å². The van der Waals surface area contributed by atoms with Crippen molar-refractivity contribution in [3.63, 3.8) is 0 Å². The average Bonchev–Trinajstić information content (AvgIpc) is 2.60. The van der Waals surface area contributed by atoms with Crippen molar-refractivity contribution in [3.8, 4) is 11.5 Å². The molecule has 0 aromatic heterocycles. The number of hydrogen-bond donors (Lipinski definition) is 0. The van der Waals surface area contributed by atoms with Crippen LogP contribution < -0.4 is 9.47 Å². The SMILES string of the molecule is CCCCCC(CC)Oc1ccc2c(CC)c(OC(C)Br)ccc2c1. The first-order valence-electron chi connectivity index (χ1n) is 9.62. The van der Waals surface area contributed by atoms with Crippen LogP contribution in [0.5, 0.6) is 11.5 Å². The van der Waals surface area contributed by atoms with Gasteiger partial charge in [-0.25, -0.2) is 0 Å². The first-order chi connectivity index (χ1) is 12.1. The normalized spacial score (nSPS) is 13.6. The van der Waals surface area contributed by atoms with Crippen LogP contribution in [0.25, 0.3) is 10.8 Å². The molecule has 2 nitrogen and oxygen atoms in total. The molecule has 0 amide bonds. The summed E-state index contributed by atoms with van der Waals surface area (Å²) in [5.41, 5.74) is 1.25. The summed E-state index contributed by atoms with van der Waals surface area (Å²) in [5, 5.41) is 2.47. The van der Waals surface area contributed by atoms with Gasteiger partial charge in [0, 0.05) is 5.56 Å². The van der Waals surface area contributed by atoms with E-state index < -0.39 is 0 Å². The van der Waals surface area contributed by atoms with Crippen molar-refractivity contribution in [3.05, 3.63) is 35.9 Å². The molecular formula is C22H31BrO2. The number of aryl methyl sites for hydroxylation is 1. The third-order valence-corrected chi connectivity index (χ3v) is 4.78. The van der Waals surface area contributed by atoms with Gasteiger partial charge in [0.2, 0.25) is 0 Å². The van der Waals surface area contributed by atoms with E-state index in [9.17, 15) is 0 Å². The Morgan fingerprint density at radius 2 is 1.80 bits per heavy atom. The van der Waals surface area contributed by atoms with Gasteiger partial charge in [0.15, 0.2) is 5.01 Å². The van der Waals surface area contributed by atoms with E-state index in [0.29, 0.717) is 6.10 Å². The molecule has 0 saturated heterocycles. The van der Waals surface area contributed by atoms with Gasteiger partial charge in [0.25, 0.3) is 0 Å². The van der Waals surface area contributed by atoms with Crippen LogP contribution in [-0.4, -0.2) is 11.1 Å². The standard InChI is InChI=1S/C22H31BrO2/c1-5-8-9-10-18(6-2)25-19-12-13-21-17(15-19)11-14-22(20(21)7-3)24-16(4)23/h11-16,18H,5-10H2,1-4H3. The summed E-state index contributed by atoms with van der Waals surface area (Å²) in [6, 6.07) is 10.6. The van der Waals surface area contributed by atoms with Gasteiger partial charge < -0.3 is 9.47 Å². The van der Waals surface area contributed by atoms with Crippen LogP contribution >= 0.6 is 15.9 Å². The number of halogens is 1. The molecule has 2 aromatic carbocycles. The molecule has 0 radical (unpaired) electrons. The molecule has 0 fully saturated rings. The fourth-order valence-electron chi connectivity index (χ4n) is 3.24. The van der Waals surface area contributed by atoms with Crippen molar-refractivity contribution in [1.29, 1.82) is 0 Å². The number of rotatable bonds is 10. The van der Waals surface area contributed by atoms with Crippen molar-refractivity contribution < 1.29 is 9.47 Å². The lowest BCUT2D eigenvalue weighted by atomic mass is 10.0. The predicted octanol–water partition coefficient (Wildman–Crippen LogP) is 7.26. The zero-order valence-electron chi connectivity index (χ0n) is 16.0. The molecule has 0 aliphatic rings. The zero-order chi connectivity index (χ0) is 18.2. The summed E-state index contributed by atoms with van der Waals surface area (Å²) < 4.78 is 12.1. The van der Waals surface area contributed by atoms with Crippen molar-refractivity contribution in [2.24, 2.45) is 0 Å². The lowest BCUT2D eigenvalue weighted by Gasteiger charge is -2.19. The molecule has 0 heterocycles. The van der Waals surface area contributed by atoms with E-state index in [1.807, 2.05) is 6.92 Å². The highest BCUT2D eigenvalue weighted by Crippen LogP contribution is 2.32. The van der Waals surface area contributed by atoms with E-state index >= 15 is 0 Å². The van der Waals surface area contributed by atoms with Crippen LogP contribution in [0.1, 0.15) is 65.4 Å². The molecule has 0 spiro atoms. The smallest absolute Gasteiger partial charge is 0.150 e. The van der Waals surface area contributed by atoms with Crippen molar-refractivity contribution >= 4 is 26.7 Å². The molecule has 138 valence electrons. The molecule has 3 heteroatoms. The molecule has 0 aliphatic carbocycles. The summed E-state index contributed by atoms with van der Waals surface area (Å²) in [5.74, 6) is 1.93. The van der Waals surface area contributed by atoms with Crippen molar-refractivity contribution in [2.45, 2.75) is 77.3 Å². The highest BCUT2D eigenvalue weighted by molar-refractivity contribution is 9.09. The second kappa shape index (κ2) is 10.1. The molecular weight excluding hydrogens is 376 g/mol. The highest BCUT2D eigenvalue weighted by Gasteiger charge is 2.12. The van der Waals surface area contributed by atoms with E-state index in [2.05, 4.69) is 67.0 Å². The molecule has 25 heavy (non-hydrogen) atoms. The molecule has 2 atom stereocenters. The third-order valence-electron chi connectivity index (χ3n) is 4.59. The zero-order valence-corrected chi connectivity index (χ0v) is 17.6. The Morgan fingerprint density at radius 3 is 2.44 bits per heavy atom. The Bertz CT molecular complexity index is 666. The number of fused-ring (bicyclic) bond motifs is 1. The minimum atomic E-state index is 0.00582. The molecule has 0 aliphatic heterocycles. The van der Waals surface area contributed by atoms with Crippen LogP contribution in [0.4, 0.5) is 0 Å². The lowest BCUT2D eigenvalue weighted by Crippen LogP contribution is -2.15. The first-order valence-corrected chi connectivity index (χ1v) is 10.5. The molecule has 0 bridgehead atoms. The lowest BCUT2D eigenvalue weighted by molar-refractivity contribution is 0.183. The van der Waals surface area contributed by atoms with Crippen molar-refractivity contribution in [1.82, 2.24) is 0 Å². The molecule has 0 N–H and O–H groups in total. The van der Waals surface area contributed by atoms with Crippen molar-refractivity contribution in [2.75, 3.05) is 0 Å².